The van der Waals surface area contributed by atoms with Crippen LogP contribution >= 0.6 is 24.0 Å². The summed E-state index contributed by atoms with van der Waals surface area (Å²) in [6.45, 7) is 11.5. The Morgan fingerprint density at radius 2 is 1.90 bits per heavy atom. The van der Waals surface area contributed by atoms with Gasteiger partial charge in [0.1, 0.15) is 0 Å². The fraction of sp³-hybridized carbons (Fsp3) is 0.933. The lowest BCUT2D eigenvalue weighted by atomic mass is 9.78. The molecule has 2 atom stereocenters. The molecule has 2 N–H and O–H groups in total. The predicted octanol–water partition coefficient (Wildman–Crippen LogP) is 2.09. The van der Waals surface area contributed by atoms with Crippen LogP contribution in [0.4, 0.5) is 0 Å². The third-order valence-electron chi connectivity index (χ3n) is 4.12. The molecular formula is C15H30IN3O2. The van der Waals surface area contributed by atoms with Crippen LogP contribution in [-0.2, 0) is 9.47 Å². The molecule has 124 valence electrons. The third-order valence-corrected chi connectivity index (χ3v) is 4.12. The lowest BCUT2D eigenvalue weighted by Crippen LogP contribution is -2.46. The molecule has 2 aliphatic heterocycles. The molecule has 2 fully saturated rings. The van der Waals surface area contributed by atoms with Crippen LogP contribution in [0.25, 0.3) is 0 Å². The number of aliphatic imine (C=N–C) groups is 1. The normalized spacial score (nSPS) is 28.1. The number of hydrogen-bond donors (Lipinski definition) is 1. The summed E-state index contributed by atoms with van der Waals surface area (Å²) in [5, 5.41) is 0. The summed E-state index contributed by atoms with van der Waals surface area (Å²) in [4.78, 5) is 6.73. The van der Waals surface area contributed by atoms with Crippen LogP contribution in [0.1, 0.15) is 33.6 Å². The maximum atomic E-state index is 6.10. The highest BCUT2D eigenvalue weighted by Crippen LogP contribution is 2.34. The maximum Gasteiger partial charge on any atom is 0.191 e. The summed E-state index contributed by atoms with van der Waals surface area (Å²) in [6.07, 6.45) is 2.59. The minimum atomic E-state index is 0. The lowest BCUT2D eigenvalue weighted by Gasteiger charge is -2.39. The van der Waals surface area contributed by atoms with Crippen molar-refractivity contribution in [1.29, 1.82) is 0 Å². The molecule has 0 aliphatic carbocycles. The first-order chi connectivity index (χ1) is 9.48. The number of rotatable bonds is 2. The lowest BCUT2D eigenvalue weighted by molar-refractivity contribution is -0.0824. The van der Waals surface area contributed by atoms with Crippen molar-refractivity contribution in [3.05, 3.63) is 0 Å². The monoisotopic (exact) mass is 411 g/mol. The van der Waals surface area contributed by atoms with Crippen molar-refractivity contribution < 1.29 is 9.47 Å². The van der Waals surface area contributed by atoms with Gasteiger partial charge in [-0.25, -0.2) is 0 Å². The molecule has 2 aliphatic rings. The van der Waals surface area contributed by atoms with E-state index in [-0.39, 0.29) is 35.5 Å². The SMILES string of the molecule is CC(C)(C)C1OCCCC1CN=C(N)N1CCOCC1.I. The minimum absolute atomic E-state index is 0. The van der Waals surface area contributed by atoms with Gasteiger partial charge in [-0.1, -0.05) is 20.8 Å². The van der Waals surface area contributed by atoms with Crippen molar-refractivity contribution >= 4 is 29.9 Å². The Labute approximate surface area is 145 Å². The van der Waals surface area contributed by atoms with Gasteiger partial charge in [-0.05, 0) is 18.3 Å². The number of nitrogens with zero attached hydrogens (tertiary/aromatic N) is 2. The van der Waals surface area contributed by atoms with E-state index < -0.39 is 0 Å². The van der Waals surface area contributed by atoms with Crippen LogP contribution in [-0.4, -0.2) is 56.4 Å². The molecule has 2 saturated heterocycles. The highest BCUT2D eigenvalue weighted by atomic mass is 127. The fourth-order valence-electron chi connectivity index (χ4n) is 3.09. The summed E-state index contributed by atoms with van der Waals surface area (Å²) in [5.74, 6) is 1.13. The quantitative estimate of drug-likeness (QED) is 0.430. The van der Waals surface area contributed by atoms with Gasteiger partial charge >= 0.3 is 0 Å². The molecule has 0 aromatic carbocycles. The molecule has 0 bridgehead atoms. The minimum Gasteiger partial charge on any atom is -0.378 e. The zero-order valence-corrected chi connectivity index (χ0v) is 15.8. The third kappa shape index (κ3) is 5.56. The van der Waals surface area contributed by atoms with Crippen LogP contribution in [0.2, 0.25) is 0 Å². The van der Waals surface area contributed by atoms with Gasteiger partial charge in [-0.2, -0.15) is 0 Å². The highest BCUT2D eigenvalue weighted by molar-refractivity contribution is 14.0. The standard InChI is InChI=1S/C15H29N3O2.HI/c1-15(2,3)13-12(5-4-8-20-13)11-17-14(16)18-6-9-19-10-7-18;/h12-13H,4-11H2,1-3H3,(H2,16,17);1H. The van der Waals surface area contributed by atoms with E-state index in [2.05, 4.69) is 30.7 Å². The summed E-state index contributed by atoms with van der Waals surface area (Å²) in [6, 6.07) is 0. The molecule has 21 heavy (non-hydrogen) atoms. The second-order valence-electron chi connectivity index (χ2n) is 6.86. The van der Waals surface area contributed by atoms with Gasteiger partial charge in [-0.3, -0.25) is 4.99 Å². The summed E-state index contributed by atoms with van der Waals surface area (Å²) >= 11 is 0. The number of halogens is 1. The molecule has 6 heteroatoms. The number of morpholine rings is 1. The van der Waals surface area contributed by atoms with Crippen LogP contribution in [0.3, 0.4) is 0 Å². The molecule has 5 nitrogen and oxygen atoms in total. The van der Waals surface area contributed by atoms with Gasteiger partial charge in [0.25, 0.3) is 0 Å². The van der Waals surface area contributed by atoms with E-state index in [9.17, 15) is 0 Å². The molecule has 0 aromatic rings. The van der Waals surface area contributed by atoms with Gasteiger partial charge < -0.3 is 20.1 Å². The van der Waals surface area contributed by atoms with E-state index in [1.807, 2.05) is 0 Å². The number of guanidine groups is 1. The zero-order chi connectivity index (χ0) is 14.6. The molecular weight excluding hydrogens is 381 g/mol. The van der Waals surface area contributed by atoms with Gasteiger partial charge in [0.2, 0.25) is 0 Å². The Morgan fingerprint density at radius 1 is 1.24 bits per heavy atom. The Bertz CT molecular complexity index is 338. The molecule has 0 radical (unpaired) electrons. The van der Waals surface area contributed by atoms with Crippen molar-refractivity contribution in [2.75, 3.05) is 39.5 Å². The average molecular weight is 411 g/mol. The van der Waals surface area contributed by atoms with Crippen LogP contribution in [0.5, 0.6) is 0 Å². The van der Waals surface area contributed by atoms with Gasteiger partial charge in [0, 0.05) is 32.2 Å². The Balaban J connectivity index is 0.00000220. The fourth-order valence-corrected chi connectivity index (χ4v) is 3.09. The molecule has 0 spiro atoms. The molecule has 2 heterocycles. The van der Waals surface area contributed by atoms with E-state index in [0.717, 1.165) is 45.9 Å². The van der Waals surface area contributed by atoms with Gasteiger partial charge in [0.05, 0.1) is 19.3 Å². The van der Waals surface area contributed by atoms with Gasteiger partial charge in [0.15, 0.2) is 5.96 Å². The van der Waals surface area contributed by atoms with Crippen LogP contribution in [0.15, 0.2) is 4.99 Å². The molecule has 0 aromatic heterocycles. The Morgan fingerprint density at radius 3 is 2.52 bits per heavy atom. The first-order valence-electron chi connectivity index (χ1n) is 7.72. The first-order valence-corrected chi connectivity index (χ1v) is 7.72. The van der Waals surface area contributed by atoms with E-state index in [4.69, 9.17) is 15.2 Å². The van der Waals surface area contributed by atoms with Crippen LogP contribution < -0.4 is 5.73 Å². The Kier molecular flexibility index (Phi) is 7.70. The topological polar surface area (TPSA) is 60.1 Å². The highest BCUT2D eigenvalue weighted by Gasteiger charge is 2.35. The number of ether oxygens (including phenoxy) is 2. The van der Waals surface area contributed by atoms with Crippen molar-refractivity contribution in [3.8, 4) is 0 Å². The summed E-state index contributed by atoms with van der Waals surface area (Å²) in [5.41, 5.74) is 6.26. The van der Waals surface area contributed by atoms with E-state index >= 15 is 0 Å². The molecule has 0 amide bonds. The molecule has 0 saturated carbocycles. The first kappa shape index (κ1) is 19.0. The number of hydrogen-bond acceptors (Lipinski definition) is 3. The number of nitrogens with two attached hydrogens (primary N) is 1. The molecule has 2 unspecified atom stereocenters. The summed E-state index contributed by atoms with van der Waals surface area (Å²) < 4.78 is 11.3. The van der Waals surface area contributed by atoms with Gasteiger partial charge in [-0.15, -0.1) is 24.0 Å². The van der Waals surface area contributed by atoms with Crippen molar-refractivity contribution in [1.82, 2.24) is 4.90 Å². The predicted molar refractivity (Wildman–Crippen MR) is 96.2 cm³/mol. The average Bonchev–Trinajstić information content (AvgIpc) is 2.45. The van der Waals surface area contributed by atoms with E-state index in [0.29, 0.717) is 11.9 Å². The van der Waals surface area contributed by atoms with Crippen molar-refractivity contribution in [2.24, 2.45) is 22.1 Å². The van der Waals surface area contributed by atoms with Crippen molar-refractivity contribution in [2.45, 2.75) is 39.7 Å². The van der Waals surface area contributed by atoms with Crippen LogP contribution in [0, 0.1) is 11.3 Å². The van der Waals surface area contributed by atoms with E-state index in [1.54, 1.807) is 0 Å². The zero-order valence-electron chi connectivity index (χ0n) is 13.5. The molecule has 2 rings (SSSR count). The smallest absolute Gasteiger partial charge is 0.191 e. The maximum absolute atomic E-state index is 6.10. The second-order valence-corrected chi connectivity index (χ2v) is 6.86. The second kappa shape index (κ2) is 8.53. The summed E-state index contributed by atoms with van der Waals surface area (Å²) in [7, 11) is 0. The van der Waals surface area contributed by atoms with E-state index in [1.165, 1.54) is 6.42 Å². The Hall–Kier alpha value is -0.0800. The van der Waals surface area contributed by atoms with Crippen molar-refractivity contribution in [3.63, 3.8) is 0 Å². The largest absolute Gasteiger partial charge is 0.378 e.